The number of ether oxygens (including phenoxy) is 1. The molecule has 3 rings (SSSR count). The first-order valence-electron chi connectivity index (χ1n) is 7.62. The van der Waals surface area contributed by atoms with Crippen LogP contribution in [0.2, 0.25) is 0 Å². The molecule has 2 aromatic rings. The number of carbonyl (C=O) groups is 1. The maximum Gasteiger partial charge on any atom is 0.250 e. The van der Waals surface area contributed by atoms with Crippen LogP contribution in [0.3, 0.4) is 0 Å². The van der Waals surface area contributed by atoms with Gasteiger partial charge in [-0.25, -0.2) is 4.98 Å². The number of nitrogens with zero attached hydrogens (tertiary/aromatic N) is 2. The zero-order valence-electron chi connectivity index (χ0n) is 13.0. The fourth-order valence-electron chi connectivity index (χ4n) is 2.65. The van der Waals surface area contributed by atoms with Gasteiger partial charge in [-0.15, -0.1) is 0 Å². The minimum atomic E-state index is -0.249. The maximum atomic E-state index is 12.0. The molecule has 0 fully saturated rings. The van der Waals surface area contributed by atoms with E-state index in [2.05, 4.69) is 16.4 Å². The summed E-state index contributed by atoms with van der Waals surface area (Å²) >= 11 is 0. The lowest BCUT2D eigenvalue weighted by Crippen LogP contribution is -2.19. The van der Waals surface area contributed by atoms with Crippen LogP contribution in [0, 0.1) is 0 Å². The number of carbonyl (C=O) groups excluding carboxylic acids is 1. The lowest BCUT2D eigenvalue weighted by atomic mass is 10.0. The number of imidazole rings is 1. The summed E-state index contributed by atoms with van der Waals surface area (Å²) in [6.45, 7) is 2.30. The molecule has 0 atom stereocenters. The van der Waals surface area contributed by atoms with Gasteiger partial charge in [-0.05, 0) is 25.5 Å². The van der Waals surface area contributed by atoms with Crippen molar-refractivity contribution < 1.29 is 14.6 Å². The van der Waals surface area contributed by atoms with E-state index in [1.54, 1.807) is 24.4 Å². The van der Waals surface area contributed by atoms with Crippen LogP contribution in [0.1, 0.15) is 24.7 Å². The molecule has 2 N–H and O–H groups in total. The predicted octanol–water partition coefficient (Wildman–Crippen LogP) is 2.40. The number of phenolic OH excluding ortho intramolecular Hbond substituents is 1. The summed E-state index contributed by atoms with van der Waals surface area (Å²) in [6, 6.07) is 4.96. The number of anilines is 1. The molecule has 0 saturated carbocycles. The Bertz CT molecular complexity index is 749. The van der Waals surface area contributed by atoms with E-state index in [1.807, 2.05) is 17.7 Å². The molecule has 0 bridgehead atoms. The third kappa shape index (κ3) is 3.27. The number of hydrogen-bond donors (Lipinski definition) is 2. The molecule has 120 valence electrons. The summed E-state index contributed by atoms with van der Waals surface area (Å²) < 4.78 is 7.13. The molecule has 1 amide bonds. The van der Waals surface area contributed by atoms with E-state index in [4.69, 9.17) is 4.74 Å². The summed E-state index contributed by atoms with van der Waals surface area (Å²) in [6.07, 6.45) is 7.56. The van der Waals surface area contributed by atoms with Gasteiger partial charge in [0, 0.05) is 37.1 Å². The van der Waals surface area contributed by atoms with Crippen LogP contribution in [-0.4, -0.2) is 33.8 Å². The quantitative estimate of drug-likeness (QED) is 0.888. The highest BCUT2D eigenvalue weighted by atomic mass is 16.5. The van der Waals surface area contributed by atoms with Gasteiger partial charge in [0.2, 0.25) is 5.91 Å². The van der Waals surface area contributed by atoms with Crippen molar-refractivity contribution in [2.24, 2.45) is 0 Å². The molecule has 0 saturated heterocycles. The highest BCUT2D eigenvalue weighted by Gasteiger charge is 2.18. The van der Waals surface area contributed by atoms with Crippen LogP contribution in [0.25, 0.3) is 5.70 Å². The van der Waals surface area contributed by atoms with Gasteiger partial charge in [0.15, 0.2) is 0 Å². The highest BCUT2D eigenvalue weighted by Crippen LogP contribution is 2.32. The number of fused-ring (bicyclic) bond motifs is 1. The van der Waals surface area contributed by atoms with Crippen molar-refractivity contribution in [2.75, 3.05) is 18.5 Å². The monoisotopic (exact) mass is 313 g/mol. The van der Waals surface area contributed by atoms with E-state index in [0.717, 1.165) is 29.9 Å². The second-order valence-electron chi connectivity index (χ2n) is 5.26. The second kappa shape index (κ2) is 6.66. The van der Waals surface area contributed by atoms with Gasteiger partial charge in [-0.3, -0.25) is 4.79 Å². The molecule has 1 aliphatic rings. The molecule has 0 spiro atoms. The number of benzene rings is 1. The van der Waals surface area contributed by atoms with Crippen molar-refractivity contribution in [3.8, 4) is 5.75 Å². The first kappa shape index (κ1) is 15.3. The van der Waals surface area contributed by atoms with Gasteiger partial charge in [0.1, 0.15) is 18.2 Å². The number of phenols is 1. The molecule has 1 aromatic heterocycles. The molecule has 23 heavy (non-hydrogen) atoms. The molecule has 2 heterocycles. The molecule has 0 radical (unpaired) electrons. The molecular formula is C17H19N3O3. The van der Waals surface area contributed by atoms with Gasteiger partial charge in [0.05, 0.1) is 11.4 Å². The standard InChI is InChI=1S/C17H19N3O3/c1-2-23-11-17(22)19-14-10-12(21)6-7-13(14)15-4-3-5-16-18-8-9-20(15)16/h4,6-10,21H,2-3,5,11H2,1H3,(H,19,22). The Hall–Kier alpha value is -2.60. The molecule has 0 unspecified atom stereocenters. The van der Waals surface area contributed by atoms with E-state index in [0.29, 0.717) is 12.3 Å². The van der Waals surface area contributed by atoms with E-state index in [-0.39, 0.29) is 18.3 Å². The minimum absolute atomic E-state index is 0.0129. The van der Waals surface area contributed by atoms with Crippen molar-refractivity contribution in [1.82, 2.24) is 9.55 Å². The summed E-state index contributed by atoms with van der Waals surface area (Å²) in [5.74, 6) is 0.839. The Morgan fingerprint density at radius 2 is 2.35 bits per heavy atom. The van der Waals surface area contributed by atoms with E-state index < -0.39 is 0 Å². The first-order chi connectivity index (χ1) is 11.2. The number of allylic oxidation sites excluding steroid dienone is 1. The fourth-order valence-corrected chi connectivity index (χ4v) is 2.65. The third-order valence-corrected chi connectivity index (χ3v) is 3.67. The first-order valence-corrected chi connectivity index (χ1v) is 7.62. The minimum Gasteiger partial charge on any atom is -0.508 e. The maximum absolute atomic E-state index is 12.0. The normalized spacial score (nSPS) is 13.3. The molecule has 0 aliphatic carbocycles. The second-order valence-corrected chi connectivity index (χ2v) is 5.26. The van der Waals surface area contributed by atoms with Crippen molar-refractivity contribution >= 4 is 17.3 Å². The van der Waals surface area contributed by atoms with Crippen molar-refractivity contribution in [1.29, 1.82) is 0 Å². The number of aryl methyl sites for hydroxylation is 1. The Kier molecular flexibility index (Phi) is 4.43. The summed E-state index contributed by atoms with van der Waals surface area (Å²) in [5, 5.41) is 12.6. The lowest BCUT2D eigenvalue weighted by Gasteiger charge is -2.20. The van der Waals surface area contributed by atoms with Crippen LogP contribution in [0.5, 0.6) is 5.75 Å². The van der Waals surface area contributed by atoms with E-state index in [9.17, 15) is 9.90 Å². The molecule has 6 heteroatoms. The summed E-state index contributed by atoms with van der Waals surface area (Å²) in [7, 11) is 0. The van der Waals surface area contributed by atoms with Gasteiger partial charge < -0.3 is 19.7 Å². The summed E-state index contributed by atoms with van der Waals surface area (Å²) in [5.41, 5.74) is 2.35. The summed E-state index contributed by atoms with van der Waals surface area (Å²) in [4.78, 5) is 16.3. The van der Waals surface area contributed by atoms with Crippen molar-refractivity contribution in [3.63, 3.8) is 0 Å². The number of aromatic hydroxyl groups is 1. The molecule has 1 aromatic carbocycles. The Morgan fingerprint density at radius 1 is 1.48 bits per heavy atom. The van der Waals surface area contributed by atoms with Gasteiger partial charge >= 0.3 is 0 Å². The van der Waals surface area contributed by atoms with E-state index >= 15 is 0 Å². The largest absolute Gasteiger partial charge is 0.508 e. The predicted molar refractivity (Wildman–Crippen MR) is 87.2 cm³/mol. The Morgan fingerprint density at radius 3 is 3.17 bits per heavy atom. The zero-order valence-corrected chi connectivity index (χ0v) is 13.0. The smallest absolute Gasteiger partial charge is 0.250 e. The Labute approximate surface area is 134 Å². The van der Waals surface area contributed by atoms with Gasteiger partial charge in [-0.1, -0.05) is 6.08 Å². The molecular weight excluding hydrogens is 294 g/mol. The topological polar surface area (TPSA) is 76.4 Å². The number of amides is 1. The van der Waals surface area contributed by atoms with Crippen LogP contribution < -0.4 is 5.32 Å². The number of rotatable bonds is 5. The Balaban J connectivity index is 1.94. The molecule has 6 nitrogen and oxygen atoms in total. The average Bonchev–Trinajstić information content (AvgIpc) is 3.02. The van der Waals surface area contributed by atoms with Crippen LogP contribution in [0.4, 0.5) is 5.69 Å². The highest BCUT2D eigenvalue weighted by molar-refractivity contribution is 5.95. The van der Waals surface area contributed by atoms with Crippen LogP contribution >= 0.6 is 0 Å². The van der Waals surface area contributed by atoms with Crippen LogP contribution in [-0.2, 0) is 16.0 Å². The molecule has 1 aliphatic heterocycles. The number of hydrogen-bond acceptors (Lipinski definition) is 4. The zero-order chi connectivity index (χ0) is 16.2. The van der Waals surface area contributed by atoms with Crippen LogP contribution in [0.15, 0.2) is 36.7 Å². The van der Waals surface area contributed by atoms with Gasteiger partial charge in [0.25, 0.3) is 0 Å². The van der Waals surface area contributed by atoms with Crippen molar-refractivity contribution in [3.05, 3.63) is 48.1 Å². The average molecular weight is 313 g/mol. The van der Waals surface area contributed by atoms with E-state index in [1.165, 1.54) is 0 Å². The number of nitrogens with one attached hydrogen (secondary N) is 1. The fraction of sp³-hybridized carbons (Fsp3) is 0.294. The SMILES string of the molecule is CCOCC(=O)Nc1cc(O)ccc1C1=CCCc2nccn21. The number of aromatic nitrogens is 2. The van der Waals surface area contributed by atoms with Gasteiger partial charge in [-0.2, -0.15) is 0 Å². The lowest BCUT2D eigenvalue weighted by molar-refractivity contribution is -0.120. The van der Waals surface area contributed by atoms with Crippen molar-refractivity contribution in [2.45, 2.75) is 19.8 Å². The third-order valence-electron chi connectivity index (χ3n) is 3.67.